The monoisotopic (exact) mass is 404 g/mol. The van der Waals surface area contributed by atoms with Crippen molar-refractivity contribution in [1.82, 2.24) is 4.90 Å². The SMILES string of the molecule is O=C(c1ccc(CSc2ccccc2)cc1)N1CCN(c2cccc(O)c2)CC1. The Morgan fingerprint density at radius 3 is 2.28 bits per heavy atom. The van der Waals surface area contributed by atoms with Gasteiger partial charge in [-0.2, -0.15) is 0 Å². The van der Waals surface area contributed by atoms with Gasteiger partial charge in [0.1, 0.15) is 5.75 Å². The molecule has 1 amide bonds. The molecule has 148 valence electrons. The first kappa shape index (κ1) is 19.4. The van der Waals surface area contributed by atoms with Gasteiger partial charge in [-0.25, -0.2) is 0 Å². The van der Waals surface area contributed by atoms with E-state index in [9.17, 15) is 9.90 Å². The molecular formula is C24H24N2O2S. The lowest BCUT2D eigenvalue weighted by atomic mass is 10.1. The van der Waals surface area contributed by atoms with E-state index in [-0.39, 0.29) is 11.7 Å². The number of anilines is 1. The Bertz CT molecular complexity index is 952. The number of carbonyl (C=O) groups excluding carboxylic acids is 1. The lowest BCUT2D eigenvalue weighted by Gasteiger charge is -2.36. The number of hydrogen-bond donors (Lipinski definition) is 1. The molecule has 0 aromatic heterocycles. The highest BCUT2D eigenvalue weighted by Gasteiger charge is 2.22. The molecule has 3 aromatic carbocycles. The molecule has 3 aromatic rings. The van der Waals surface area contributed by atoms with Crippen molar-refractivity contribution < 1.29 is 9.90 Å². The maximum atomic E-state index is 12.8. The average Bonchev–Trinajstić information content (AvgIpc) is 2.78. The van der Waals surface area contributed by atoms with Crippen LogP contribution in [0.15, 0.2) is 83.8 Å². The molecule has 4 rings (SSSR count). The molecule has 0 aliphatic carbocycles. The second-order valence-corrected chi connectivity index (χ2v) is 8.15. The van der Waals surface area contributed by atoms with E-state index in [1.807, 2.05) is 59.5 Å². The Morgan fingerprint density at radius 1 is 0.862 bits per heavy atom. The maximum absolute atomic E-state index is 12.8. The number of phenols is 1. The van der Waals surface area contributed by atoms with E-state index in [2.05, 4.69) is 17.0 Å². The van der Waals surface area contributed by atoms with E-state index < -0.39 is 0 Å². The number of hydrogen-bond acceptors (Lipinski definition) is 4. The number of aromatic hydroxyl groups is 1. The van der Waals surface area contributed by atoms with E-state index in [0.717, 1.165) is 30.1 Å². The third kappa shape index (κ3) is 4.93. The summed E-state index contributed by atoms with van der Waals surface area (Å²) in [6, 6.07) is 25.6. The van der Waals surface area contributed by atoms with Gasteiger partial charge in [-0.3, -0.25) is 4.79 Å². The zero-order chi connectivity index (χ0) is 20.1. The van der Waals surface area contributed by atoms with Crippen molar-refractivity contribution in [1.29, 1.82) is 0 Å². The number of carbonyl (C=O) groups is 1. The van der Waals surface area contributed by atoms with Crippen LogP contribution in [-0.4, -0.2) is 42.1 Å². The van der Waals surface area contributed by atoms with Gasteiger partial charge in [-0.05, 0) is 42.0 Å². The molecule has 0 saturated carbocycles. The summed E-state index contributed by atoms with van der Waals surface area (Å²) in [4.78, 5) is 18.2. The van der Waals surface area contributed by atoms with Gasteiger partial charge >= 0.3 is 0 Å². The van der Waals surface area contributed by atoms with Gasteiger partial charge in [0.25, 0.3) is 5.91 Å². The molecule has 1 aliphatic heterocycles. The number of benzene rings is 3. The molecule has 1 fully saturated rings. The summed E-state index contributed by atoms with van der Waals surface area (Å²) in [6.45, 7) is 2.89. The second kappa shape index (κ2) is 9.05. The standard InChI is InChI=1S/C24H24N2O2S/c27-22-6-4-5-21(17-22)25-13-15-26(16-14-25)24(28)20-11-9-19(10-12-20)18-29-23-7-2-1-3-8-23/h1-12,17,27H,13-16,18H2. The molecule has 1 heterocycles. The minimum Gasteiger partial charge on any atom is -0.508 e. The van der Waals surface area contributed by atoms with Crippen LogP contribution in [0.25, 0.3) is 0 Å². The number of amides is 1. The summed E-state index contributed by atoms with van der Waals surface area (Å²) in [5.74, 6) is 1.25. The Hall–Kier alpha value is -2.92. The molecule has 29 heavy (non-hydrogen) atoms. The van der Waals surface area contributed by atoms with Gasteiger partial charge in [-0.1, -0.05) is 36.4 Å². The predicted molar refractivity (Wildman–Crippen MR) is 119 cm³/mol. The van der Waals surface area contributed by atoms with Crippen LogP contribution >= 0.6 is 11.8 Å². The first-order valence-corrected chi connectivity index (χ1v) is 10.8. The zero-order valence-corrected chi connectivity index (χ0v) is 17.0. The fraction of sp³-hybridized carbons (Fsp3) is 0.208. The van der Waals surface area contributed by atoms with Crippen molar-refractivity contribution >= 4 is 23.4 Å². The smallest absolute Gasteiger partial charge is 0.253 e. The maximum Gasteiger partial charge on any atom is 0.253 e. The largest absolute Gasteiger partial charge is 0.508 e. The van der Waals surface area contributed by atoms with Crippen molar-refractivity contribution in [3.8, 4) is 5.75 Å². The molecule has 0 unspecified atom stereocenters. The third-order valence-electron chi connectivity index (χ3n) is 5.11. The molecule has 0 radical (unpaired) electrons. The number of piperazine rings is 1. The van der Waals surface area contributed by atoms with E-state index in [1.54, 1.807) is 23.9 Å². The highest BCUT2D eigenvalue weighted by molar-refractivity contribution is 7.98. The Labute approximate surface area is 175 Å². The van der Waals surface area contributed by atoms with Crippen LogP contribution in [0.5, 0.6) is 5.75 Å². The Kier molecular flexibility index (Phi) is 6.06. The lowest BCUT2D eigenvalue weighted by Crippen LogP contribution is -2.48. The van der Waals surface area contributed by atoms with Gasteiger partial charge < -0.3 is 14.9 Å². The predicted octanol–water partition coefficient (Wildman–Crippen LogP) is 4.65. The average molecular weight is 405 g/mol. The number of rotatable bonds is 5. The first-order chi connectivity index (χ1) is 14.2. The third-order valence-corrected chi connectivity index (χ3v) is 6.19. The fourth-order valence-electron chi connectivity index (χ4n) is 3.47. The normalized spacial score (nSPS) is 14.1. The summed E-state index contributed by atoms with van der Waals surface area (Å²) in [6.07, 6.45) is 0. The van der Waals surface area contributed by atoms with Crippen LogP contribution in [0.3, 0.4) is 0 Å². The van der Waals surface area contributed by atoms with E-state index in [4.69, 9.17) is 0 Å². The molecule has 1 aliphatic rings. The molecule has 0 bridgehead atoms. The summed E-state index contributed by atoms with van der Waals surface area (Å²) >= 11 is 1.80. The molecule has 1 N–H and O–H groups in total. The van der Waals surface area contributed by atoms with Crippen LogP contribution < -0.4 is 4.90 Å². The summed E-state index contributed by atoms with van der Waals surface area (Å²) in [7, 11) is 0. The highest BCUT2D eigenvalue weighted by Crippen LogP contribution is 2.24. The summed E-state index contributed by atoms with van der Waals surface area (Å²) in [5.41, 5.74) is 2.95. The lowest BCUT2D eigenvalue weighted by molar-refractivity contribution is 0.0746. The van der Waals surface area contributed by atoms with Crippen molar-refractivity contribution in [3.63, 3.8) is 0 Å². The Balaban J connectivity index is 1.31. The Morgan fingerprint density at radius 2 is 1.59 bits per heavy atom. The zero-order valence-electron chi connectivity index (χ0n) is 16.2. The molecule has 1 saturated heterocycles. The van der Waals surface area contributed by atoms with Gasteiger partial charge in [0.2, 0.25) is 0 Å². The van der Waals surface area contributed by atoms with Gasteiger partial charge in [0.05, 0.1) is 0 Å². The van der Waals surface area contributed by atoms with Crippen LogP contribution in [0.1, 0.15) is 15.9 Å². The number of phenolic OH excluding ortho intramolecular Hbond substituents is 1. The minimum absolute atomic E-state index is 0.0859. The van der Waals surface area contributed by atoms with E-state index >= 15 is 0 Å². The minimum atomic E-state index is 0.0859. The molecule has 0 atom stereocenters. The van der Waals surface area contributed by atoms with Crippen molar-refractivity contribution in [3.05, 3.63) is 90.0 Å². The van der Waals surface area contributed by atoms with Gasteiger partial charge in [0.15, 0.2) is 0 Å². The molecule has 4 nitrogen and oxygen atoms in total. The summed E-state index contributed by atoms with van der Waals surface area (Å²) < 4.78 is 0. The van der Waals surface area contributed by atoms with Gasteiger partial charge in [0, 0.05) is 54.1 Å². The molecule has 0 spiro atoms. The molecule has 5 heteroatoms. The van der Waals surface area contributed by atoms with Gasteiger partial charge in [-0.15, -0.1) is 11.8 Å². The molecular weight excluding hydrogens is 380 g/mol. The van der Waals surface area contributed by atoms with E-state index in [0.29, 0.717) is 13.1 Å². The van der Waals surface area contributed by atoms with Crippen molar-refractivity contribution in [2.45, 2.75) is 10.6 Å². The topological polar surface area (TPSA) is 43.8 Å². The second-order valence-electron chi connectivity index (χ2n) is 7.10. The van der Waals surface area contributed by atoms with Crippen LogP contribution in [0.4, 0.5) is 5.69 Å². The fourth-order valence-corrected chi connectivity index (χ4v) is 4.34. The van der Waals surface area contributed by atoms with E-state index in [1.165, 1.54) is 10.5 Å². The number of nitrogens with zero attached hydrogens (tertiary/aromatic N) is 2. The van der Waals surface area contributed by atoms with Crippen LogP contribution in [0.2, 0.25) is 0 Å². The highest BCUT2D eigenvalue weighted by atomic mass is 32.2. The first-order valence-electron chi connectivity index (χ1n) is 9.79. The van der Waals surface area contributed by atoms with Crippen molar-refractivity contribution in [2.75, 3.05) is 31.1 Å². The van der Waals surface area contributed by atoms with Crippen molar-refractivity contribution in [2.24, 2.45) is 0 Å². The van der Waals surface area contributed by atoms with Crippen LogP contribution in [0, 0.1) is 0 Å². The summed E-state index contributed by atoms with van der Waals surface area (Å²) in [5, 5.41) is 9.67. The quantitative estimate of drug-likeness (QED) is 0.629. The van der Waals surface area contributed by atoms with Crippen LogP contribution in [-0.2, 0) is 5.75 Å². The number of thioether (sulfide) groups is 1.